The molecule has 0 aromatic heterocycles. The van der Waals surface area contributed by atoms with Gasteiger partial charge in [-0.3, -0.25) is 4.79 Å². The average Bonchev–Trinajstić information content (AvgIpc) is 2.24. The number of hydrogen-bond donors (Lipinski definition) is 0. The van der Waals surface area contributed by atoms with Gasteiger partial charge in [0.15, 0.2) is 5.12 Å². The fourth-order valence-corrected chi connectivity index (χ4v) is 2.91. The summed E-state index contributed by atoms with van der Waals surface area (Å²) in [6, 6.07) is 10.1. The van der Waals surface area contributed by atoms with E-state index in [0.717, 1.165) is 6.42 Å². The smallest absolute Gasteiger partial charge is 0.199 e. The summed E-state index contributed by atoms with van der Waals surface area (Å²) in [6.45, 7) is 6.36. The third kappa shape index (κ3) is 6.23. The van der Waals surface area contributed by atoms with Crippen molar-refractivity contribution in [3.05, 3.63) is 35.9 Å². The lowest BCUT2D eigenvalue weighted by Crippen LogP contribution is -2.06. The lowest BCUT2D eigenvalue weighted by Gasteiger charge is -2.15. The van der Waals surface area contributed by atoms with E-state index in [1.165, 1.54) is 16.4 Å². The van der Waals surface area contributed by atoms with Crippen molar-refractivity contribution in [2.24, 2.45) is 0 Å². The maximum Gasteiger partial charge on any atom is 0.199 e. The standard InChI is InChI=1S/C13H18OS2/c1-13(2,3)16-15-12(14)10-9-11-7-5-4-6-8-11/h4-8H,9-10H2,1-3H3. The van der Waals surface area contributed by atoms with Gasteiger partial charge in [-0.15, -0.1) is 0 Å². The first-order valence-electron chi connectivity index (χ1n) is 5.40. The quantitative estimate of drug-likeness (QED) is 0.745. The van der Waals surface area contributed by atoms with Crippen molar-refractivity contribution < 1.29 is 4.79 Å². The van der Waals surface area contributed by atoms with Gasteiger partial charge in [-0.2, -0.15) is 0 Å². The number of carbonyl (C=O) groups is 1. The molecule has 1 aromatic rings. The SMILES string of the molecule is CC(C)(C)SSC(=O)CCc1ccccc1. The van der Waals surface area contributed by atoms with Crippen LogP contribution in [0.5, 0.6) is 0 Å². The second kappa shape index (κ2) is 6.36. The molecule has 0 aliphatic rings. The molecule has 0 aliphatic carbocycles. The zero-order valence-electron chi connectivity index (χ0n) is 10.0. The van der Waals surface area contributed by atoms with Gasteiger partial charge >= 0.3 is 0 Å². The van der Waals surface area contributed by atoms with Crippen LogP contribution in [0.2, 0.25) is 0 Å². The van der Waals surface area contributed by atoms with Crippen molar-refractivity contribution in [1.29, 1.82) is 0 Å². The summed E-state index contributed by atoms with van der Waals surface area (Å²) in [7, 11) is 3.02. The van der Waals surface area contributed by atoms with Crippen LogP contribution in [-0.2, 0) is 11.2 Å². The molecule has 0 bridgehead atoms. The van der Waals surface area contributed by atoms with Gasteiger partial charge in [-0.25, -0.2) is 0 Å². The fraction of sp³-hybridized carbons (Fsp3) is 0.462. The maximum absolute atomic E-state index is 11.6. The van der Waals surface area contributed by atoms with Crippen LogP contribution in [0.15, 0.2) is 30.3 Å². The van der Waals surface area contributed by atoms with Crippen LogP contribution in [0, 0.1) is 0 Å². The summed E-state index contributed by atoms with van der Waals surface area (Å²) in [5, 5.41) is 0.267. The number of rotatable bonds is 4. The van der Waals surface area contributed by atoms with E-state index in [4.69, 9.17) is 0 Å². The number of aryl methyl sites for hydroxylation is 1. The predicted octanol–water partition coefficient (Wildman–Crippen LogP) is 4.33. The van der Waals surface area contributed by atoms with Crippen LogP contribution in [0.1, 0.15) is 32.8 Å². The van der Waals surface area contributed by atoms with Crippen molar-refractivity contribution in [2.75, 3.05) is 0 Å². The summed E-state index contributed by atoms with van der Waals surface area (Å²) in [5.41, 5.74) is 1.23. The van der Waals surface area contributed by atoms with E-state index in [0.29, 0.717) is 6.42 Å². The third-order valence-electron chi connectivity index (χ3n) is 1.85. The van der Waals surface area contributed by atoms with E-state index in [9.17, 15) is 4.79 Å². The third-order valence-corrected chi connectivity index (χ3v) is 5.13. The summed E-state index contributed by atoms with van der Waals surface area (Å²) < 4.78 is 0.146. The van der Waals surface area contributed by atoms with Crippen LogP contribution >= 0.6 is 21.6 Å². The Bertz CT molecular complexity index is 328. The minimum atomic E-state index is 0.146. The molecule has 0 saturated carbocycles. The Morgan fingerprint density at radius 1 is 1.19 bits per heavy atom. The second-order valence-corrected chi connectivity index (χ2v) is 7.65. The van der Waals surface area contributed by atoms with Crippen LogP contribution in [0.4, 0.5) is 0 Å². The lowest BCUT2D eigenvalue weighted by atomic mass is 10.1. The summed E-state index contributed by atoms with van der Waals surface area (Å²) in [5.74, 6) is 0. The first kappa shape index (κ1) is 13.7. The average molecular weight is 254 g/mol. The van der Waals surface area contributed by atoms with E-state index in [1.807, 2.05) is 18.2 Å². The molecule has 1 aromatic carbocycles. The molecule has 0 N–H and O–H groups in total. The van der Waals surface area contributed by atoms with E-state index in [-0.39, 0.29) is 9.86 Å². The van der Waals surface area contributed by atoms with Crippen LogP contribution < -0.4 is 0 Å². The highest BCUT2D eigenvalue weighted by Crippen LogP contribution is 2.36. The molecule has 0 aliphatic heterocycles. The highest BCUT2D eigenvalue weighted by molar-refractivity contribution is 8.82. The van der Waals surface area contributed by atoms with Gasteiger partial charge in [0.1, 0.15) is 0 Å². The molecule has 88 valence electrons. The minimum absolute atomic E-state index is 0.146. The molecule has 3 heteroatoms. The molecule has 0 radical (unpaired) electrons. The molecular formula is C13H18OS2. The van der Waals surface area contributed by atoms with Crippen LogP contribution in [-0.4, -0.2) is 9.86 Å². The van der Waals surface area contributed by atoms with Crippen LogP contribution in [0.3, 0.4) is 0 Å². The Morgan fingerprint density at radius 3 is 2.38 bits per heavy atom. The van der Waals surface area contributed by atoms with Crippen molar-refractivity contribution in [3.63, 3.8) is 0 Å². The van der Waals surface area contributed by atoms with Crippen molar-refractivity contribution in [3.8, 4) is 0 Å². The molecule has 0 heterocycles. The molecule has 16 heavy (non-hydrogen) atoms. The Balaban J connectivity index is 2.26. The molecule has 1 rings (SSSR count). The maximum atomic E-state index is 11.6. The van der Waals surface area contributed by atoms with Gasteiger partial charge in [0.2, 0.25) is 0 Å². The normalized spacial score (nSPS) is 11.4. The van der Waals surface area contributed by atoms with Crippen LogP contribution in [0.25, 0.3) is 0 Å². The topological polar surface area (TPSA) is 17.1 Å². The molecular weight excluding hydrogens is 236 g/mol. The first-order chi connectivity index (χ1) is 7.47. The zero-order chi connectivity index (χ0) is 12.0. The zero-order valence-corrected chi connectivity index (χ0v) is 11.7. The van der Waals surface area contributed by atoms with Crippen molar-refractivity contribution in [2.45, 2.75) is 38.4 Å². The number of benzene rings is 1. The Hall–Kier alpha value is -0.410. The molecule has 1 nitrogen and oxygen atoms in total. The molecule has 0 amide bonds. The van der Waals surface area contributed by atoms with Gasteiger partial charge in [-0.05, 0) is 22.8 Å². The lowest BCUT2D eigenvalue weighted by molar-refractivity contribution is -0.110. The van der Waals surface area contributed by atoms with Gasteiger partial charge in [0, 0.05) is 11.2 Å². The summed E-state index contributed by atoms with van der Waals surface area (Å²) in [4.78, 5) is 11.6. The minimum Gasteiger partial charge on any atom is -0.286 e. The van der Waals surface area contributed by atoms with Gasteiger partial charge < -0.3 is 0 Å². The molecule has 0 unspecified atom stereocenters. The molecule has 0 saturated heterocycles. The number of carbonyl (C=O) groups excluding carboxylic acids is 1. The van der Waals surface area contributed by atoms with E-state index >= 15 is 0 Å². The molecule has 0 fully saturated rings. The monoisotopic (exact) mass is 254 g/mol. The van der Waals surface area contributed by atoms with E-state index in [2.05, 4.69) is 32.9 Å². The highest BCUT2D eigenvalue weighted by Gasteiger charge is 2.14. The summed E-state index contributed by atoms with van der Waals surface area (Å²) >= 11 is 0. The summed E-state index contributed by atoms with van der Waals surface area (Å²) in [6.07, 6.45) is 1.47. The largest absolute Gasteiger partial charge is 0.286 e. The van der Waals surface area contributed by atoms with Crippen molar-refractivity contribution in [1.82, 2.24) is 0 Å². The van der Waals surface area contributed by atoms with Gasteiger partial charge in [0.05, 0.1) is 0 Å². The van der Waals surface area contributed by atoms with E-state index in [1.54, 1.807) is 10.8 Å². The first-order valence-corrected chi connectivity index (χ1v) is 7.55. The fourth-order valence-electron chi connectivity index (χ4n) is 1.10. The van der Waals surface area contributed by atoms with Gasteiger partial charge in [0.25, 0.3) is 0 Å². The second-order valence-electron chi connectivity index (χ2n) is 4.64. The Kier molecular flexibility index (Phi) is 5.42. The Morgan fingerprint density at radius 2 is 1.81 bits per heavy atom. The van der Waals surface area contributed by atoms with E-state index < -0.39 is 0 Å². The number of hydrogen-bond acceptors (Lipinski definition) is 3. The van der Waals surface area contributed by atoms with Gasteiger partial charge in [-0.1, -0.05) is 61.9 Å². The van der Waals surface area contributed by atoms with Crippen molar-refractivity contribution >= 4 is 26.7 Å². The predicted molar refractivity (Wildman–Crippen MR) is 74.7 cm³/mol. The molecule has 0 spiro atoms. The molecule has 0 atom stereocenters. The highest BCUT2D eigenvalue weighted by atomic mass is 33.1. The Labute approximate surface area is 106 Å².